The molecule has 3 N–H and O–H groups in total. The van der Waals surface area contributed by atoms with Crippen molar-refractivity contribution in [1.29, 1.82) is 0 Å². The lowest BCUT2D eigenvalue weighted by Crippen LogP contribution is -2.32. The summed E-state index contributed by atoms with van der Waals surface area (Å²) in [4.78, 5) is 29.3. The van der Waals surface area contributed by atoms with E-state index in [9.17, 15) is 9.59 Å². The van der Waals surface area contributed by atoms with E-state index in [4.69, 9.17) is 15.2 Å². The number of hydrogen-bond donors (Lipinski definition) is 2. The van der Waals surface area contributed by atoms with Crippen molar-refractivity contribution in [3.8, 4) is 17.0 Å². The normalized spacial score (nSPS) is 11.5. The van der Waals surface area contributed by atoms with Crippen molar-refractivity contribution in [3.05, 3.63) is 59.5 Å². The van der Waals surface area contributed by atoms with Gasteiger partial charge >= 0.3 is 5.97 Å². The van der Waals surface area contributed by atoms with Crippen molar-refractivity contribution in [2.75, 3.05) is 17.7 Å². The van der Waals surface area contributed by atoms with Gasteiger partial charge in [0, 0.05) is 16.6 Å². The van der Waals surface area contributed by atoms with Crippen molar-refractivity contribution in [1.82, 2.24) is 4.98 Å². The first-order chi connectivity index (χ1) is 14.5. The van der Waals surface area contributed by atoms with E-state index in [2.05, 4.69) is 10.3 Å². The number of nitrogen functional groups attached to an aromatic ring is 1. The summed E-state index contributed by atoms with van der Waals surface area (Å²) < 4.78 is 10.8. The summed E-state index contributed by atoms with van der Waals surface area (Å²) in [6.07, 6.45) is -0.603. The van der Waals surface area contributed by atoms with E-state index in [0.29, 0.717) is 29.4 Å². The van der Waals surface area contributed by atoms with Gasteiger partial charge in [-0.25, -0.2) is 9.78 Å². The second-order valence-corrected chi connectivity index (χ2v) is 7.27. The number of thiazole rings is 1. The first-order valence-corrected chi connectivity index (χ1v) is 10.4. The van der Waals surface area contributed by atoms with Gasteiger partial charge in [0.1, 0.15) is 5.75 Å². The van der Waals surface area contributed by atoms with Crippen LogP contribution in [0.1, 0.15) is 30.6 Å². The molecule has 1 amide bonds. The number of rotatable bonds is 8. The van der Waals surface area contributed by atoms with E-state index < -0.39 is 18.0 Å². The maximum atomic E-state index is 12.6. The quantitative estimate of drug-likeness (QED) is 0.410. The molecule has 156 valence electrons. The Morgan fingerprint density at radius 1 is 1.17 bits per heavy atom. The van der Waals surface area contributed by atoms with Crippen LogP contribution in [-0.2, 0) is 9.53 Å². The highest BCUT2D eigenvalue weighted by Gasteiger charge is 2.23. The number of nitrogens with zero attached hydrogens (tertiary/aromatic N) is 1. The lowest BCUT2D eigenvalue weighted by Gasteiger charge is -2.15. The largest absolute Gasteiger partial charge is 0.494 e. The van der Waals surface area contributed by atoms with Crippen molar-refractivity contribution >= 4 is 34.0 Å². The Morgan fingerprint density at radius 3 is 2.60 bits per heavy atom. The molecule has 1 unspecified atom stereocenters. The molecular formula is C22H23N3O4S. The van der Waals surface area contributed by atoms with Gasteiger partial charge in [0.15, 0.2) is 11.2 Å². The number of carbonyl (C=O) groups is 2. The minimum Gasteiger partial charge on any atom is -0.494 e. The van der Waals surface area contributed by atoms with Gasteiger partial charge in [-0.1, -0.05) is 13.0 Å². The molecule has 0 saturated heterocycles. The minimum atomic E-state index is -0.934. The van der Waals surface area contributed by atoms with Gasteiger partial charge in [-0.15, -0.1) is 11.3 Å². The number of ether oxygens (including phenoxy) is 2. The zero-order valence-electron chi connectivity index (χ0n) is 16.8. The van der Waals surface area contributed by atoms with Gasteiger partial charge in [0.25, 0.3) is 5.91 Å². The summed E-state index contributed by atoms with van der Waals surface area (Å²) in [5.74, 6) is -0.237. The number of aromatic nitrogens is 1. The minimum absolute atomic E-state index is 0.299. The Labute approximate surface area is 178 Å². The van der Waals surface area contributed by atoms with E-state index in [1.165, 1.54) is 17.4 Å². The first kappa shape index (κ1) is 21.3. The zero-order valence-corrected chi connectivity index (χ0v) is 17.6. The molecule has 0 spiro atoms. The molecule has 3 aromatic rings. The molecule has 1 heterocycles. The zero-order chi connectivity index (χ0) is 21.5. The summed E-state index contributed by atoms with van der Waals surface area (Å²) >= 11 is 1.30. The van der Waals surface area contributed by atoms with Crippen molar-refractivity contribution in [2.45, 2.75) is 26.4 Å². The second-order valence-electron chi connectivity index (χ2n) is 6.41. The fourth-order valence-corrected chi connectivity index (χ4v) is 3.45. The number of benzene rings is 2. The summed E-state index contributed by atoms with van der Waals surface area (Å²) in [5.41, 5.74) is 8.10. The molecule has 8 heteroatoms. The highest BCUT2D eigenvalue weighted by atomic mass is 32.1. The van der Waals surface area contributed by atoms with Gasteiger partial charge in [0.05, 0.1) is 17.9 Å². The number of nitrogens with two attached hydrogens (primary N) is 1. The molecule has 0 saturated carbocycles. The SMILES string of the molecule is CCOc1ccc(-c2csc(NC(=O)C(CC)OC(=O)c3cccc(N)c3)n2)cc1. The number of anilines is 2. The molecular weight excluding hydrogens is 402 g/mol. The number of amides is 1. The van der Waals surface area contributed by atoms with Gasteiger partial charge in [-0.3, -0.25) is 10.1 Å². The topological polar surface area (TPSA) is 104 Å². The standard InChI is InChI=1S/C22H23N3O4S/c1-3-19(29-21(27)15-6-5-7-16(23)12-15)20(26)25-22-24-18(13-30-22)14-8-10-17(11-9-14)28-4-2/h5-13,19H,3-4,23H2,1-2H3,(H,24,25,26). The summed E-state index contributed by atoms with van der Waals surface area (Å²) in [6.45, 7) is 4.30. The van der Waals surface area contributed by atoms with Gasteiger partial charge < -0.3 is 15.2 Å². The third-order valence-corrected chi connectivity index (χ3v) is 4.99. The monoisotopic (exact) mass is 425 g/mol. The molecule has 0 aliphatic heterocycles. The summed E-state index contributed by atoms with van der Waals surface area (Å²) in [5, 5.41) is 5.01. The number of hydrogen-bond acceptors (Lipinski definition) is 7. The van der Waals surface area contributed by atoms with E-state index >= 15 is 0 Å². The third-order valence-electron chi connectivity index (χ3n) is 4.23. The maximum Gasteiger partial charge on any atom is 0.338 e. The fourth-order valence-electron chi connectivity index (χ4n) is 2.72. The fraction of sp³-hybridized carbons (Fsp3) is 0.227. The van der Waals surface area contributed by atoms with E-state index in [1.807, 2.05) is 36.6 Å². The molecule has 0 fully saturated rings. The predicted molar refractivity (Wildman–Crippen MR) is 118 cm³/mol. The highest BCUT2D eigenvalue weighted by molar-refractivity contribution is 7.14. The van der Waals surface area contributed by atoms with Crippen LogP contribution in [0.3, 0.4) is 0 Å². The van der Waals surface area contributed by atoms with Crippen LogP contribution < -0.4 is 15.8 Å². The van der Waals surface area contributed by atoms with Crippen LogP contribution in [-0.4, -0.2) is 29.6 Å². The van der Waals surface area contributed by atoms with Gasteiger partial charge in [-0.05, 0) is 55.8 Å². The van der Waals surface area contributed by atoms with Crippen LogP contribution >= 0.6 is 11.3 Å². The average Bonchev–Trinajstić information content (AvgIpc) is 3.21. The van der Waals surface area contributed by atoms with Crippen molar-refractivity contribution in [3.63, 3.8) is 0 Å². The smallest absolute Gasteiger partial charge is 0.338 e. The molecule has 3 rings (SSSR count). The summed E-state index contributed by atoms with van der Waals surface area (Å²) in [6, 6.07) is 14.0. The molecule has 0 radical (unpaired) electrons. The Balaban J connectivity index is 1.63. The Hall–Kier alpha value is -3.39. The number of esters is 1. The first-order valence-electron chi connectivity index (χ1n) is 9.56. The van der Waals surface area contributed by atoms with Crippen LogP contribution in [0.2, 0.25) is 0 Å². The Kier molecular flexibility index (Phi) is 7.03. The van der Waals surface area contributed by atoms with Crippen LogP contribution in [0.25, 0.3) is 11.3 Å². The van der Waals surface area contributed by atoms with Crippen LogP contribution in [0.5, 0.6) is 5.75 Å². The van der Waals surface area contributed by atoms with Crippen molar-refractivity contribution in [2.24, 2.45) is 0 Å². The average molecular weight is 426 g/mol. The molecule has 1 aromatic heterocycles. The maximum absolute atomic E-state index is 12.6. The molecule has 7 nitrogen and oxygen atoms in total. The molecule has 0 aliphatic carbocycles. The molecule has 2 aromatic carbocycles. The lowest BCUT2D eigenvalue weighted by molar-refractivity contribution is -0.124. The Bertz CT molecular complexity index is 1020. The van der Waals surface area contributed by atoms with E-state index in [-0.39, 0.29) is 0 Å². The molecule has 0 aliphatic rings. The van der Waals surface area contributed by atoms with E-state index in [0.717, 1.165) is 17.0 Å². The molecule has 1 atom stereocenters. The predicted octanol–water partition coefficient (Wildman–Crippen LogP) is 4.37. The third kappa shape index (κ3) is 5.36. The molecule has 30 heavy (non-hydrogen) atoms. The van der Waals surface area contributed by atoms with E-state index in [1.54, 1.807) is 25.1 Å². The number of carbonyl (C=O) groups excluding carboxylic acids is 2. The lowest BCUT2D eigenvalue weighted by atomic mass is 10.2. The van der Waals surface area contributed by atoms with Crippen molar-refractivity contribution < 1.29 is 19.1 Å². The molecule has 0 bridgehead atoms. The van der Waals surface area contributed by atoms with Crippen LogP contribution in [0, 0.1) is 0 Å². The summed E-state index contributed by atoms with van der Waals surface area (Å²) in [7, 11) is 0. The highest BCUT2D eigenvalue weighted by Crippen LogP contribution is 2.27. The Morgan fingerprint density at radius 2 is 1.93 bits per heavy atom. The van der Waals surface area contributed by atoms with Crippen LogP contribution in [0.15, 0.2) is 53.9 Å². The van der Waals surface area contributed by atoms with Gasteiger partial charge in [0.2, 0.25) is 0 Å². The number of nitrogens with one attached hydrogen (secondary N) is 1. The van der Waals surface area contributed by atoms with Gasteiger partial charge in [-0.2, -0.15) is 0 Å². The van der Waals surface area contributed by atoms with Crippen LogP contribution in [0.4, 0.5) is 10.8 Å². The second kappa shape index (κ2) is 9.89.